The molecule has 0 aliphatic carbocycles. The van der Waals surface area contributed by atoms with Gasteiger partial charge in [0, 0.05) is 58.2 Å². The van der Waals surface area contributed by atoms with Gasteiger partial charge < -0.3 is 25.3 Å². The molecule has 0 aromatic carbocycles. The molecule has 3 aromatic rings. The fourth-order valence-corrected chi connectivity index (χ4v) is 4.98. The monoisotopic (exact) mass is 573 g/mol. The lowest BCUT2D eigenvalue weighted by Crippen LogP contribution is -2.63. The smallest absolute Gasteiger partial charge is 0.366 e. The van der Waals surface area contributed by atoms with Crippen molar-refractivity contribution in [3.8, 4) is 6.07 Å². The van der Waals surface area contributed by atoms with Crippen molar-refractivity contribution in [3.05, 3.63) is 30.7 Å². The van der Waals surface area contributed by atoms with E-state index >= 15 is 0 Å². The second kappa shape index (κ2) is 11.2. The summed E-state index contributed by atoms with van der Waals surface area (Å²) >= 11 is 0. The number of aromatic nitrogens is 5. The van der Waals surface area contributed by atoms with Crippen molar-refractivity contribution in [1.29, 1.82) is 5.26 Å². The number of anilines is 3. The third-order valence-electron chi connectivity index (χ3n) is 7.31. The fraction of sp³-hybridized carbons (Fsp3) is 0.520. The van der Waals surface area contributed by atoms with E-state index in [9.17, 15) is 28.0 Å². The number of halogens is 3. The van der Waals surface area contributed by atoms with Crippen LogP contribution in [0.1, 0.15) is 12.8 Å². The minimum atomic E-state index is -4.38. The number of hydrogen-bond acceptors (Lipinski definition) is 9. The Labute approximate surface area is 233 Å². The lowest BCUT2D eigenvalue weighted by atomic mass is 9.76. The number of nitrogens with one attached hydrogen (secondary N) is 2. The number of rotatable bonds is 9. The highest BCUT2D eigenvalue weighted by Gasteiger charge is 2.50. The molecule has 0 radical (unpaired) electrons. The van der Waals surface area contributed by atoms with E-state index in [-0.39, 0.29) is 37.9 Å². The van der Waals surface area contributed by atoms with Crippen LogP contribution < -0.4 is 15.5 Å². The predicted molar refractivity (Wildman–Crippen MR) is 141 cm³/mol. The maximum atomic E-state index is 12.7. The van der Waals surface area contributed by atoms with Crippen molar-refractivity contribution >= 4 is 34.8 Å². The Morgan fingerprint density at radius 1 is 1.20 bits per heavy atom. The van der Waals surface area contributed by atoms with Crippen molar-refractivity contribution < 1.29 is 22.8 Å². The maximum Gasteiger partial charge on any atom is 0.390 e. The van der Waals surface area contributed by atoms with Gasteiger partial charge in [-0.15, -0.1) is 5.10 Å². The highest BCUT2D eigenvalue weighted by atomic mass is 19.4. The van der Waals surface area contributed by atoms with E-state index in [1.54, 1.807) is 39.9 Å². The molecule has 13 nitrogen and oxygen atoms in total. The van der Waals surface area contributed by atoms with Gasteiger partial charge in [-0.05, 0) is 19.2 Å². The Morgan fingerprint density at radius 2 is 1.95 bits per heavy atom. The molecule has 0 saturated carbocycles. The van der Waals surface area contributed by atoms with Gasteiger partial charge in [-0.3, -0.25) is 14.3 Å². The number of amides is 2. The second-order valence-corrected chi connectivity index (χ2v) is 10.4. The van der Waals surface area contributed by atoms with Crippen LogP contribution in [0.3, 0.4) is 0 Å². The molecule has 2 N–H and O–H groups in total. The predicted octanol–water partition coefficient (Wildman–Crippen LogP) is 1.23. The van der Waals surface area contributed by atoms with Gasteiger partial charge in [-0.2, -0.15) is 28.5 Å². The van der Waals surface area contributed by atoms with Crippen molar-refractivity contribution in [2.24, 2.45) is 5.41 Å². The summed E-state index contributed by atoms with van der Waals surface area (Å²) < 4.78 is 40.6. The van der Waals surface area contributed by atoms with Gasteiger partial charge in [0.15, 0.2) is 5.65 Å². The molecule has 2 aliphatic heterocycles. The number of piperazine rings is 1. The molecule has 2 fully saturated rings. The number of alkyl halides is 3. The summed E-state index contributed by atoms with van der Waals surface area (Å²) in [5, 5.41) is 23.4. The number of carbonyl (C=O) groups is 2. The Hall–Kier alpha value is -4.39. The van der Waals surface area contributed by atoms with Gasteiger partial charge in [-0.25, -0.2) is 4.52 Å². The van der Waals surface area contributed by atoms with Gasteiger partial charge >= 0.3 is 6.18 Å². The molecule has 5 heterocycles. The normalized spacial score (nSPS) is 17.2. The topological polar surface area (TPSA) is 140 Å². The van der Waals surface area contributed by atoms with Crippen LogP contribution in [0, 0.1) is 16.7 Å². The summed E-state index contributed by atoms with van der Waals surface area (Å²) in [6.45, 7) is 2.95. The quantitative estimate of drug-likeness (QED) is 0.387. The van der Waals surface area contributed by atoms with Crippen LogP contribution in [0.4, 0.5) is 30.5 Å². The third kappa shape index (κ3) is 6.35. The first-order chi connectivity index (χ1) is 19.5. The average molecular weight is 574 g/mol. The molecule has 2 saturated heterocycles. The largest absolute Gasteiger partial charge is 0.390 e. The first-order valence-electron chi connectivity index (χ1n) is 13.1. The van der Waals surface area contributed by atoms with E-state index in [0.29, 0.717) is 30.1 Å². The van der Waals surface area contributed by atoms with E-state index in [2.05, 4.69) is 30.7 Å². The van der Waals surface area contributed by atoms with Crippen LogP contribution in [0.2, 0.25) is 0 Å². The number of carbonyl (C=O) groups excluding carboxylic acids is 2. The molecule has 41 heavy (non-hydrogen) atoms. The van der Waals surface area contributed by atoms with Gasteiger partial charge in [0.1, 0.15) is 6.54 Å². The summed E-state index contributed by atoms with van der Waals surface area (Å²) in [5.41, 5.74) is 0.653. The van der Waals surface area contributed by atoms with Gasteiger partial charge in [-0.1, -0.05) is 0 Å². The Bertz CT molecular complexity index is 1450. The van der Waals surface area contributed by atoms with Crippen LogP contribution in [0.25, 0.3) is 5.65 Å². The summed E-state index contributed by atoms with van der Waals surface area (Å²) in [7, 11) is 2.03. The van der Waals surface area contributed by atoms with Crippen LogP contribution in [0.5, 0.6) is 0 Å². The Balaban J connectivity index is 1.22. The lowest BCUT2D eigenvalue weighted by molar-refractivity contribution is -0.139. The highest BCUT2D eigenvalue weighted by molar-refractivity contribution is 5.87. The first-order valence-corrected chi connectivity index (χ1v) is 13.1. The highest BCUT2D eigenvalue weighted by Crippen LogP contribution is 2.39. The number of hydrogen-bond donors (Lipinski definition) is 2. The lowest BCUT2D eigenvalue weighted by Gasteiger charge is -2.48. The van der Waals surface area contributed by atoms with Crippen molar-refractivity contribution in [3.63, 3.8) is 0 Å². The average Bonchev–Trinajstić information content (AvgIpc) is 3.51. The third-order valence-corrected chi connectivity index (χ3v) is 7.31. The summed E-state index contributed by atoms with van der Waals surface area (Å²) in [6.07, 6.45) is -0.647. The van der Waals surface area contributed by atoms with Crippen molar-refractivity contribution in [1.82, 2.24) is 39.5 Å². The number of likely N-dealkylation sites (N-methyl/N-ethyl adjacent to an activating group) is 1. The molecule has 0 unspecified atom stereocenters. The number of fused-ring (bicyclic) bond motifs is 1. The van der Waals surface area contributed by atoms with Crippen LogP contribution >= 0.6 is 0 Å². The molecule has 2 aliphatic rings. The molecular weight excluding hydrogens is 543 g/mol. The summed E-state index contributed by atoms with van der Waals surface area (Å²) in [6, 6.07) is 5.55. The molecule has 3 aromatic heterocycles. The summed E-state index contributed by atoms with van der Waals surface area (Å²) in [5.74, 6) is -0.283. The van der Waals surface area contributed by atoms with Gasteiger partial charge in [0.25, 0.3) is 0 Å². The Morgan fingerprint density at radius 3 is 2.66 bits per heavy atom. The van der Waals surface area contributed by atoms with Crippen LogP contribution in [-0.2, 0) is 16.1 Å². The molecular formula is C25H30F3N11O2. The van der Waals surface area contributed by atoms with Gasteiger partial charge in [0.2, 0.25) is 17.8 Å². The molecule has 0 spiro atoms. The zero-order valence-electron chi connectivity index (χ0n) is 22.4. The van der Waals surface area contributed by atoms with Gasteiger partial charge in [0.05, 0.1) is 41.9 Å². The molecule has 2 amide bonds. The van der Waals surface area contributed by atoms with Crippen LogP contribution in [-0.4, -0.2) is 105 Å². The van der Waals surface area contributed by atoms with E-state index < -0.39 is 30.5 Å². The second-order valence-electron chi connectivity index (χ2n) is 10.4. The van der Waals surface area contributed by atoms with Crippen LogP contribution in [0.15, 0.2) is 30.7 Å². The van der Waals surface area contributed by atoms with E-state index in [4.69, 9.17) is 0 Å². The maximum absolute atomic E-state index is 12.7. The first kappa shape index (κ1) is 28.1. The molecule has 218 valence electrons. The molecule has 16 heteroatoms. The van der Waals surface area contributed by atoms with Crippen molar-refractivity contribution in [2.45, 2.75) is 25.6 Å². The standard InChI is InChI=1S/C25H30F3N11O2/c1-35-9-11-36(12-10-35)20(40)15-38-14-18(13-31-38)32-23-33-21-19(3-2-8-39(21)34-23)37-16-24(17-37,4-6-29)22(41)30-7-5-25(26,27)28/h2-3,8,13-14H,4-5,7,9-12,15-17H2,1H3,(H,30,41)(H,32,34). The minimum Gasteiger partial charge on any atom is -0.366 e. The number of nitriles is 1. The molecule has 5 rings (SSSR count). The van der Waals surface area contributed by atoms with E-state index in [0.717, 1.165) is 13.1 Å². The molecule has 0 bridgehead atoms. The SMILES string of the molecule is CN1CCN(C(=O)Cn2cc(Nc3nc4c(N5CC(CC#N)(C(=O)NCCC(F)(F)F)C5)cccn4n3)cn2)CC1. The number of nitrogens with zero attached hydrogens (tertiary/aromatic N) is 9. The zero-order chi connectivity index (χ0) is 29.2. The summed E-state index contributed by atoms with van der Waals surface area (Å²) in [4.78, 5) is 35.7. The minimum absolute atomic E-state index is 0.000646. The van der Waals surface area contributed by atoms with Crippen molar-refractivity contribution in [2.75, 3.05) is 63.1 Å². The number of pyridine rings is 1. The van der Waals surface area contributed by atoms with E-state index in [1.807, 2.05) is 22.9 Å². The fourth-order valence-electron chi connectivity index (χ4n) is 4.98. The zero-order valence-corrected chi connectivity index (χ0v) is 22.4. The Kier molecular flexibility index (Phi) is 7.72. The molecule has 0 atom stereocenters. The van der Waals surface area contributed by atoms with E-state index in [1.165, 1.54) is 0 Å².